The zero-order valence-corrected chi connectivity index (χ0v) is 37.2. The molecule has 18 heteroatoms. The summed E-state index contributed by atoms with van der Waals surface area (Å²) < 4.78 is 40.0. The number of fused-ring (bicyclic) bond motifs is 3. The summed E-state index contributed by atoms with van der Waals surface area (Å²) >= 11 is 0. The summed E-state index contributed by atoms with van der Waals surface area (Å²) in [5.41, 5.74) is 3.08. The quantitative estimate of drug-likeness (QED) is 0.168. The number of imide groups is 1. The lowest BCUT2D eigenvalue weighted by Gasteiger charge is -2.36. The monoisotopic (exact) mass is 886 g/mol. The highest BCUT2D eigenvalue weighted by atomic mass is 32.2. The smallest absolute Gasteiger partial charge is 0.329 e. The van der Waals surface area contributed by atoms with Gasteiger partial charge in [0.05, 0.1) is 29.2 Å². The molecule has 63 heavy (non-hydrogen) atoms. The van der Waals surface area contributed by atoms with Crippen molar-refractivity contribution in [3.05, 3.63) is 46.0 Å². The van der Waals surface area contributed by atoms with Crippen molar-refractivity contribution in [2.75, 3.05) is 56.1 Å². The summed E-state index contributed by atoms with van der Waals surface area (Å²) in [5.74, 6) is 1.80. The van der Waals surface area contributed by atoms with Gasteiger partial charge in [0.1, 0.15) is 11.9 Å². The average molecular weight is 887 g/mol. The van der Waals surface area contributed by atoms with E-state index < -0.39 is 27.6 Å². The summed E-state index contributed by atoms with van der Waals surface area (Å²) in [4.78, 5) is 65.1. The van der Waals surface area contributed by atoms with Crippen LogP contribution in [0.3, 0.4) is 0 Å². The minimum atomic E-state index is -3.63. The lowest BCUT2D eigenvalue weighted by molar-refractivity contribution is -0.135. The van der Waals surface area contributed by atoms with E-state index in [4.69, 9.17) is 9.72 Å². The lowest BCUT2D eigenvalue weighted by Crippen LogP contribution is -2.48. The van der Waals surface area contributed by atoms with Gasteiger partial charge in [0.2, 0.25) is 23.7 Å². The highest BCUT2D eigenvalue weighted by Gasteiger charge is 2.61. The maximum Gasteiger partial charge on any atom is 0.329 e. The van der Waals surface area contributed by atoms with Gasteiger partial charge in [0.15, 0.2) is 0 Å². The third kappa shape index (κ3) is 8.34. The van der Waals surface area contributed by atoms with E-state index in [0.29, 0.717) is 56.7 Å². The number of aromatic nitrogens is 4. The van der Waals surface area contributed by atoms with E-state index in [1.807, 2.05) is 17.2 Å². The molecule has 17 nitrogen and oxygen atoms in total. The van der Waals surface area contributed by atoms with Gasteiger partial charge in [-0.15, -0.1) is 0 Å². The number of hydrogen-bond acceptors (Lipinski definition) is 11. The van der Waals surface area contributed by atoms with E-state index in [9.17, 15) is 27.6 Å². The van der Waals surface area contributed by atoms with Crippen molar-refractivity contribution >= 4 is 50.7 Å². The first kappa shape index (κ1) is 42.7. The van der Waals surface area contributed by atoms with Crippen LogP contribution in [0.15, 0.2) is 29.2 Å². The maximum atomic E-state index is 13.5. The number of aryl methyl sites for hydroxylation is 1. The number of rotatable bonds is 13. The Hall–Kier alpha value is -4.23. The first-order chi connectivity index (χ1) is 30.5. The van der Waals surface area contributed by atoms with Gasteiger partial charge >= 0.3 is 5.69 Å². The Balaban J connectivity index is 0.625. The fourth-order valence-corrected chi connectivity index (χ4v) is 12.8. The van der Waals surface area contributed by atoms with E-state index in [1.54, 1.807) is 16.2 Å². The lowest BCUT2D eigenvalue weighted by atomic mass is 9.85. The van der Waals surface area contributed by atoms with E-state index >= 15 is 0 Å². The summed E-state index contributed by atoms with van der Waals surface area (Å²) in [7, 11) is -1.88. The fourth-order valence-electron chi connectivity index (χ4n) is 11.6. The van der Waals surface area contributed by atoms with Crippen LogP contribution in [0, 0.1) is 5.92 Å². The molecule has 6 heterocycles. The molecule has 1 spiro atoms. The number of ether oxygens (including phenoxy) is 1. The zero-order valence-electron chi connectivity index (χ0n) is 36.4. The second kappa shape index (κ2) is 17.3. The molecule has 6 fully saturated rings. The van der Waals surface area contributed by atoms with Crippen molar-refractivity contribution in [3.8, 4) is 0 Å². The molecule has 1 atom stereocenters. The number of nitrogens with one attached hydrogen (secondary N) is 3. The number of benzene rings is 1. The van der Waals surface area contributed by atoms with Crippen LogP contribution in [0.5, 0.6) is 0 Å². The molecule has 3 saturated carbocycles. The number of piperidine rings is 3. The average Bonchev–Trinajstić information content (AvgIpc) is 3.75. The predicted octanol–water partition coefficient (Wildman–Crippen LogP) is 3.59. The first-order valence-corrected chi connectivity index (χ1v) is 25.0. The molecule has 0 bridgehead atoms. The van der Waals surface area contributed by atoms with Crippen molar-refractivity contribution in [3.63, 3.8) is 0 Å². The minimum absolute atomic E-state index is 0.0432. The molecule has 4 aliphatic heterocycles. The number of likely N-dealkylation sites (tertiary alicyclic amines) is 1. The van der Waals surface area contributed by atoms with Crippen molar-refractivity contribution in [1.82, 2.24) is 38.3 Å². The summed E-state index contributed by atoms with van der Waals surface area (Å²) in [6.07, 6.45) is 16.1. The number of imidazole rings is 1. The van der Waals surface area contributed by atoms with Crippen molar-refractivity contribution in [2.45, 2.75) is 138 Å². The van der Waals surface area contributed by atoms with Crippen LogP contribution in [0.1, 0.15) is 126 Å². The van der Waals surface area contributed by atoms with Gasteiger partial charge < -0.3 is 15.0 Å². The number of nitrogens with zero attached hydrogens (tertiary/aromatic N) is 7. The van der Waals surface area contributed by atoms with Gasteiger partial charge in [0, 0.05) is 63.5 Å². The van der Waals surface area contributed by atoms with Crippen LogP contribution >= 0.6 is 0 Å². The molecule has 1 unspecified atom stereocenters. The predicted molar refractivity (Wildman–Crippen MR) is 237 cm³/mol. The van der Waals surface area contributed by atoms with E-state index in [2.05, 4.69) is 37.4 Å². The van der Waals surface area contributed by atoms with Gasteiger partial charge in [-0.05, 0) is 126 Å². The largest absolute Gasteiger partial charge is 0.377 e. The van der Waals surface area contributed by atoms with Crippen molar-refractivity contribution < 1.29 is 27.5 Å². The second-order valence-corrected chi connectivity index (χ2v) is 21.1. The standard InChI is InChI=1S/C45H62N10O7S/c1-51-38-26-31(8-11-36(38)55(44(51)59)37-12-13-39(56)49-41(37)57)30-14-21-52(22-15-30)28-29-6-9-34(10-7-29)62-25-20-47-63(60,61)53-23-16-32(17-24-53)48-43-46-27-35-40(50-43)54(33-4-2-3-5-33)42(58)45(35)18-19-45/h8,11,26-27,29-30,32-34,37,47H,2-7,9-10,12-25,28H2,1H3,(H,46,48,50)(H,49,56,57). The fraction of sp³-hybridized carbons (Fsp3) is 0.689. The minimum Gasteiger partial charge on any atom is -0.377 e. The molecule has 0 radical (unpaired) electrons. The number of carbonyl (C=O) groups excluding carboxylic acids is 3. The normalized spacial score (nSPS) is 26.5. The molecule has 3 saturated heterocycles. The number of anilines is 2. The van der Waals surface area contributed by atoms with Crippen LogP contribution in [-0.2, 0) is 41.8 Å². The van der Waals surface area contributed by atoms with Crippen molar-refractivity contribution in [1.29, 1.82) is 0 Å². The summed E-state index contributed by atoms with van der Waals surface area (Å²) in [6, 6.07) is 5.75. The number of carbonyl (C=O) groups is 3. The Morgan fingerprint density at radius 2 is 1.63 bits per heavy atom. The highest BCUT2D eigenvalue weighted by molar-refractivity contribution is 7.87. The van der Waals surface area contributed by atoms with Crippen LogP contribution in [0.25, 0.3) is 11.0 Å². The second-order valence-electron chi connectivity index (χ2n) is 19.4. The van der Waals surface area contributed by atoms with E-state index in [-0.39, 0.29) is 48.7 Å². The van der Waals surface area contributed by atoms with Crippen LogP contribution in [0.2, 0.25) is 0 Å². The van der Waals surface area contributed by atoms with Gasteiger partial charge in [-0.3, -0.25) is 33.7 Å². The third-order valence-electron chi connectivity index (χ3n) is 15.5. The number of hydrogen-bond donors (Lipinski definition) is 3. The SMILES string of the molecule is Cn1c(=O)n(C2CCC(=O)NC2=O)c2ccc(C3CCN(CC4CCC(OCCNS(=O)(=O)N5CCC(Nc6ncc7c(n6)N(C6CCCC6)C(=O)C76CC6)CC5)CC4)CC3)cc21. The molecular formula is C45H62N10O7S. The molecule has 2 aromatic heterocycles. The molecule has 3 N–H and O–H groups in total. The third-order valence-corrected chi connectivity index (χ3v) is 17.1. The van der Waals surface area contributed by atoms with Crippen LogP contribution in [0.4, 0.5) is 11.8 Å². The molecule has 1 aromatic carbocycles. The van der Waals surface area contributed by atoms with E-state index in [0.717, 1.165) is 119 Å². The van der Waals surface area contributed by atoms with Gasteiger partial charge in [0.25, 0.3) is 10.2 Å². The number of amides is 3. The van der Waals surface area contributed by atoms with E-state index in [1.165, 1.54) is 9.87 Å². The Bertz CT molecular complexity index is 2400. The molecular weight excluding hydrogens is 825 g/mol. The summed E-state index contributed by atoms with van der Waals surface area (Å²) in [6.45, 7) is 4.51. The first-order valence-electron chi connectivity index (χ1n) is 23.6. The van der Waals surface area contributed by atoms with Crippen molar-refractivity contribution in [2.24, 2.45) is 13.0 Å². The summed E-state index contributed by atoms with van der Waals surface area (Å²) in [5, 5.41) is 5.83. The molecule has 7 aliphatic rings. The van der Waals surface area contributed by atoms with Crippen LogP contribution in [-0.4, -0.2) is 119 Å². The van der Waals surface area contributed by atoms with Crippen LogP contribution < -0.4 is 25.9 Å². The Morgan fingerprint density at radius 1 is 0.889 bits per heavy atom. The molecule has 3 aromatic rings. The Kier molecular flexibility index (Phi) is 11.7. The topological polar surface area (TPSA) is 193 Å². The molecule has 340 valence electrons. The molecule has 10 rings (SSSR count). The van der Waals surface area contributed by atoms with Gasteiger partial charge in [-0.25, -0.2) is 9.78 Å². The maximum absolute atomic E-state index is 13.5. The zero-order chi connectivity index (χ0) is 43.5. The van der Waals surface area contributed by atoms with Gasteiger partial charge in [-0.2, -0.15) is 22.4 Å². The Morgan fingerprint density at radius 3 is 2.35 bits per heavy atom. The highest BCUT2D eigenvalue weighted by Crippen LogP contribution is 2.58. The molecule has 3 aliphatic carbocycles. The Labute approximate surface area is 368 Å². The molecule has 3 amide bonds. The van der Waals surface area contributed by atoms with Gasteiger partial charge in [-0.1, -0.05) is 18.9 Å².